The molecule has 2 aliphatic heterocycles. The van der Waals surface area contributed by atoms with Crippen molar-refractivity contribution in [2.24, 2.45) is 5.92 Å². The van der Waals surface area contributed by atoms with Gasteiger partial charge in [0, 0.05) is 19.1 Å². The zero-order valence-corrected chi connectivity index (χ0v) is 10.6. The second-order valence-corrected chi connectivity index (χ2v) is 5.73. The van der Waals surface area contributed by atoms with E-state index in [0.29, 0.717) is 18.9 Å². The van der Waals surface area contributed by atoms with Crippen LogP contribution >= 0.6 is 0 Å². The predicted octanol–water partition coefficient (Wildman–Crippen LogP) is -1.23. The molecule has 0 amide bonds. The third kappa shape index (κ3) is 2.63. The van der Waals surface area contributed by atoms with Gasteiger partial charge < -0.3 is 20.6 Å². The van der Waals surface area contributed by atoms with Crippen molar-refractivity contribution in [2.75, 3.05) is 19.6 Å². The molecule has 5 atom stereocenters. The molecule has 0 bridgehead atoms. The first-order valence-corrected chi connectivity index (χ1v) is 6.52. The van der Waals surface area contributed by atoms with E-state index >= 15 is 0 Å². The molecule has 0 unspecified atom stereocenters. The van der Waals surface area contributed by atoms with Gasteiger partial charge in [-0.05, 0) is 18.9 Å². The molecule has 17 heavy (non-hydrogen) atoms. The van der Waals surface area contributed by atoms with Crippen LogP contribution in [0.15, 0.2) is 0 Å². The van der Waals surface area contributed by atoms with Crippen LogP contribution in [0.4, 0.5) is 0 Å². The lowest BCUT2D eigenvalue weighted by atomic mass is 9.91. The Hall–Kier alpha value is -0.200. The summed E-state index contributed by atoms with van der Waals surface area (Å²) in [5, 5.41) is 33.2. The maximum absolute atomic E-state index is 10.1. The van der Waals surface area contributed by atoms with E-state index in [-0.39, 0.29) is 12.1 Å². The second kappa shape index (κ2) is 5.20. The van der Waals surface area contributed by atoms with Gasteiger partial charge in [0.25, 0.3) is 0 Å². The number of aliphatic hydroxyl groups is 3. The average Bonchev–Trinajstić information content (AvgIpc) is 2.63. The van der Waals surface area contributed by atoms with Gasteiger partial charge in [-0.3, -0.25) is 4.90 Å². The molecule has 4 N–H and O–H groups in total. The van der Waals surface area contributed by atoms with Crippen molar-refractivity contribution in [3.63, 3.8) is 0 Å². The maximum Gasteiger partial charge on any atom is 0.0994 e. The highest BCUT2D eigenvalue weighted by atomic mass is 16.3. The van der Waals surface area contributed by atoms with Gasteiger partial charge in [0.2, 0.25) is 0 Å². The number of piperidine rings is 1. The van der Waals surface area contributed by atoms with Crippen LogP contribution in [0.2, 0.25) is 0 Å². The lowest BCUT2D eigenvalue weighted by Crippen LogP contribution is -2.65. The third-order valence-corrected chi connectivity index (χ3v) is 3.86. The fourth-order valence-corrected chi connectivity index (χ4v) is 2.89. The van der Waals surface area contributed by atoms with E-state index in [4.69, 9.17) is 0 Å². The lowest BCUT2D eigenvalue weighted by molar-refractivity contribution is -0.102. The zero-order valence-electron chi connectivity index (χ0n) is 10.6. The average molecular weight is 244 g/mol. The van der Waals surface area contributed by atoms with E-state index in [0.717, 1.165) is 13.1 Å². The fraction of sp³-hybridized carbons (Fsp3) is 1.00. The fourth-order valence-electron chi connectivity index (χ4n) is 2.89. The van der Waals surface area contributed by atoms with Crippen molar-refractivity contribution in [3.05, 3.63) is 0 Å². The number of aliphatic hydroxyl groups excluding tert-OH is 3. The second-order valence-electron chi connectivity index (χ2n) is 5.73. The lowest BCUT2D eigenvalue weighted by Gasteiger charge is -2.43. The topological polar surface area (TPSA) is 76.0 Å². The van der Waals surface area contributed by atoms with Crippen LogP contribution in [0.1, 0.15) is 20.3 Å². The summed E-state index contributed by atoms with van der Waals surface area (Å²) in [6, 6.07) is -0.393. The summed E-state index contributed by atoms with van der Waals surface area (Å²) in [5.41, 5.74) is 0. The number of rotatable bonds is 3. The molecular weight excluding hydrogens is 220 g/mol. The number of hydrogen-bond donors (Lipinski definition) is 4. The minimum absolute atomic E-state index is 0.103. The summed E-state index contributed by atoms with van der Waals surface area (Å²) < 4.78 is 0. The Labute approximate surface area is 102 Å². The monoisotopic (exact) mass is 244 g/mol. The smallest absolute Gasteiger partial charge is 0.0994 e. The highest BCUT2D eigenvalue weighted by Crippen LogP contribution is 2.28. The van der Waals surface area contributed by atoms with Crippen LogP contribution in [0.25, 0.3) is 0 Å². The van der Waals surface area contributed by atoms with Crippen molar-refractivity contribution >= 4 is 0 Å². The van der Waals surface area contributed by atoms with E-state index < -0.39 is 18.3 Å². The molecular formula is C12H24N2O3. The van der Waals surface area contributed by atoms with Crippen LogP contribution in [-0.2, 0) is 0 Å². The van der Waals surface area contributed by atoms with Crippen LogP contribution < -0.4 is 5.32 Å². The number of nitrogens with one attached hydrogen (secondary N) is 1. The van der Waals surface area contributed by atoms with Crippen LogP contribution in [-0.4, -0.2) is 70.2 Å². The minimum Gasteiger partial charge on any atom is -0.391 e. The van der Waals surface area contributed by atoms with Crippen molar-refractivity contribution in [1.29, 1.82) is 0 Å². The van der Waals surface area contributed by atoms with Gasteiger partial charge in [0.15, 0.2) is 0 Å². The summed E-state index contributed by atoms with van der Waals surface area (Å²) in [7, 11) is 0. The quantitative estimate of drug-likeness (QED) is 0.500. The van der Waals surface area contributed by atoms with Gasteiger partial charge in [-0.2, -0.15) is 0 Å². The first-order chi connectivity index (χ1) is 8.00. The Balaban J connectivity index is 1.98. The Morgan fingerprint density at radius 1 is 1.24 bits per heavy atom. The Morgan fingerprint density at radius 3 is 2.59 bits per heavy atom. The van der Waals surface area contributed by atoms with Crippen molar-refractivity contribution in [3.8, 4) is 0 Å². The van der Waals surface area contributed by atoms with Crippen LogP contribution in [0.3, 0.4) is 0 Å². The molecule has 100 valence electrons. The molecule has 2 heterocycles. The summed E-state index contributed by atoms with van der Waals surface area (Å²) in [6.07, 6.45) is -1.47. The van der Waals surface area contributed by atoms with E-state index in [2.05, 4.69) is 24.1 Å². The molecule has 0 aromatic heterocycles. The van der Waals surface area contributed by atoms with Gasteiger partial charge in [-0.25, -0.2) is 0 Å². The summed E-state index contributed by atoms with van der Waals surface area (Å²) in [4.78, 5) is 2.08. The number of nitrogens with zero attached hydrogens (tertiary/aromatic N) is 1. The van der Waals surface area contributed by atoms with E-state index in [9.17, 15) is 15.3 Å². The Morgan fingerprint density at radius 2 is 1.94 bits per heavy atom. The maximum atomic E-state index is 10.1. The van der Waals surface area contributed by atoms with E-state index in [1.165, 1.54) is 0 Å². The van der Waals surface area contributed by atoms with Crippen molar-refractivity contribution < 1.29 is 15.3 Å². The number of fused-ring (bicyclic) bond motifs is 1. The molecule has 2 aliphatic rings. The van der Waals surface area contributed by atoms with E-state index in [1.807, 2.05) is 0 Å². The van der Waals surface area contributed by atoms with Crippen LogP contribution in [0.5, 0.6) is 0 Å². The van der Waals surface area contributed by atoms with E-state index in [1.54, 1.807) is 0 Å². The number of hydrogen-bond acceptors (Lipinski definition) is 5. The summed E-state index contributed by atoms with van der Waals surface area (Å²) in [6.45, 7) is 6.56. The third-order valence-electron chi connectivity index (χ3n) is 3.86. The Kier molecular flexibility index (Phi) is 4.05. The Bertz CT molecular complexity index is 262. The van der Waals surface area contributed by atoms with Gasteiger partial charge in [-0.1, -0.05) is 13.8 Å². The minimum atomic E-state index is -0.856. The van der Waals surface area contributed by atoms with Crippen molar-refractivity contribution in [2.45, 2.75) is 50.7 Å². The largest absolute Gasteiger partial charge is 0.391 e. The van der Waals surface area contributed by atoms with Crippen molar-refractivity contribution in [1.82, 2.24) is 10.2 Å². The highest BCUT2D eigenvalue weighted by molar-refractivity contribution is 5.03. The summed E-state index contributed by atoms with van der Waals surface area (Å²) in [5.74, 6) is 0.515. The highest BCUT2D eigenvalue weighted by Gasteiger charge is 2.47. The van der Waals surface area contributed by atoms with Gasteiger partial charge in [-0.15, -0.1) is 0 Å². The molecule has 0 aromatic rings. The molecule has 2 fully saturated rings. The normalized spacial score (nSPS) is 43.1. The molecule has 0 radical (unpaired) electrons. The summed E-state index contributed by atoms with van der Waals surface area (Å²) >= 11 is 0. The van der Waals surface area contributed by atoms with Gasteiger partial charge in [0.1, 0.15) is 0 Å². The molecule has 2 rings (SSSR count). The first kappa shape index (κ1) is 13.2. The zero-order chi connectivity index (χ0) is 12.6. The molecule has 0 saturated carbocycles. The molecule has 0 aromatic carbocycles. The van der Waals surface area contributed by atoms with Gasteiger partial charge >= 0.3 is 0 Å². The van der Waals surface area contributed by atoms with Gasteiger partial charge in [0.05, 0.1) is 24.4 Å². The SMILES string of the molecule is CC(C)CN[C@H]1CN2CC[C@H](O)[C@@H]2[C@@H](O)[C@@H]1O. The molecule has 0 spiro atoms. The predicted molar refractivity (Wildman–Crippen MR) is 64.6 cm³/mol. The molecule has 5 nitrogen and oxygen atoms in total. The first-order valence-electron chi connectivity index (χ1n) is 6.52. The standard InChI is InChI=1S/C12H24N2O3/c1-7(2)5-13-8-6-14-4-3-9(15)10(14)12(17)11(8)16/h7-13,15-17H,3-6H2,1-2H3/t8-,9-,10+,11+,12+/m0/s1. The molecule has 2 saturated heterocycles. The molecule has 5 heteroatoms. The van der Waals surface area contributed by atoms with Crippen LogP contribution in [0, 0.1) is 5.92 Å². The molecule has 0 aliphatic carbocycles.